The van der Waals surface area contributed by atoms with E-state index in [-0.39, 0.29) is 10.5 Å². The van der Waals surface area contributed by atoms with E-state index in [0.717, 1.165) is 6.26 Å². The van der Waals surface area contributed by atoms with Crippen LogP contribution in [0.1, 0.15) is 10.4 Å². The van der Waals surface area contributed by atoms with E-state index < -0.39 is 15.8 Å². The summed E-state index contributed by atoms with van der Waals surface area (Å²) in [5.41, 5.74) is 1.00. The third-order valence-corrected chi connectivity index (χ3v) is 3.73. The van der Waals surface area contributed by atoms with E-state index >= 15 is 0 Å². The van der Waals surface area contributed by atoms with Gasteiger partial charge < -0.3 is 5.11 Å². The largest absolute Gasteiger partial charge is 0.478 e. The van der Waals surface area contributed by atoms with Crippen LogP contribution >= 0.6 is 0 Å². The first-order valence-corrected chi connectivity index (χ1v) is 7.26. The van der Waals surface area contributed by atoms with Gasteiger partial charge in [-0.2, -0.15) is 0 Å². The van der Waals surface area contributed by atoms with Gasteiger partial charge in [-0.3, -0.25) is 4.98 Å². The molecule has 0 spiro atoms. The molecule has 5 nitrogen and oxygen atoms in total. The van der Waals surface area contributed by atoms with Gasteiger partial charge in [-0.05, 0) is 23.8 Å². The predicted molar refractivity (Wildman–Crippen MR) is 69.7 cm³/mol. The minimum absolute atomic E-state index is 0.0162. The van der Waals surface area contributed by atoms with Crippen molar-refractivity contribution in [2.24, 2.45) is 0 Å². The average Bonchev–Trinajstić information content (AvgIpc) is 2.38. The summed E-state index contributed by atoms with van der Waals surface area (Å²) in [6, 6.07) is 7.45. The maximum absolute atomic E-state index is 11.5. The number of rotatable bonds is 3. The molecule has 0 saturated carbocycles. The zero-order chi connectivity index (χ0) is 14.0. The number of benzene rings is 1. The van der Waals surface area contributed by atoms with Gasteiger partial charge in [0.05, 0.1) is 10.5 Å². The lowest BCUT2D eigenvalue weighted by Gasteiger charge is -2.07. The van der Waals surface area contributed by atoms with Crippen molar-refractivity contribution < 1.29 is 18.3 Å². The number of nitrogens with zero attached hydrogens (tertiary/aromatic N) is 1. The number of carboxylic acids is 1. The second-order valence-electron chi connectivity index (χ2n) is 4.03. The van der Waals surface area contributed by atoms with E-state index in [1.54, 1.807) is 18.3 Å². The molecule has 0 amide bonds. The number of carboxylic acid groups (broad SMARTS) is 1. The van der Waals surface area contributed by atoms with Crippen LogP contribution in [-0.4, -0.2) is 30.7 Å². The second kappa shape index (κ2) is 4.81. The Morgan fingerprint density at radius 1 is 1.26 bits per heavy atom. The van der Waals surface area contributed by atoms with Crippen molar-refractivity contribution in [3.05, 3.63) is 48.3 Å². The zero-order valence-corrected chi connectivity index (χ0v) is 10.9. The Bertz CT molecular complexity index is 724. The van der Waals surface area contributed by atoms with Gasteiger partial charge in [-0.25, -0.2) is 13.2 Å². The molecule has 0 fully saturated rings. The highest BCUT2D eigenvalue weighted by Gasteiger charge is 2.16. The van der Waals surface area contributed by atoms with E-state index in [2.05, 4.69) is 4.98 Å². The van der Waals surface area contributed by atoms with E-state index in [9.17, 15) is 18.3 Å². The normalized spacial score (nSPS) is 11.2. The molecule has 19 heavy (non-hydrogen) atoms. The number of hydrogen-bond acceptors (Lipinski definition) is 4. The smallest absolute Gasteiger partial charge is 0.336 e. The number of aromatic nitrogens is 1. The Hall–Kier alpha value is -2.21. The topological polar surface area (TPSA) is 84.3 Å². The summed E-state index contributed by atoms with van der Waals surface area (Å²) in [5, 5.41) is 9.20. The monoisotopic (exact) mass is 277 g/mol. The molecule has 98 valence electrons. The molecule has 1 aromatic carbocycles. The molecule has 2 rings (SSSR count). The van der Waals surface area contributed by atoms with Crippen LogP contribution in [0, 0.1) is 0 Å². The maximum atomic E-state index is 11.5. The van der Waals surface area contributed by atoms with Crippen LogP contribution in [0.15, 0.2) is 47.6 Å². The van der Waals surface area contributed by atoms with E-state index in [0.29, 0.717) is 11.1 Å². The lowest BCUT2D eigenvalue weighted by Crippen LogP contribution is -2.04. The highest BCUT2D eigenvalue weighted by molar-refractivity contribution is 7.90. The molecule has 0 aliphatic rings. The molecule has 1 heterocycles. The van der Waals surface area contributed by atoms with Crippen molar-refractivity contribution in [3.8, 4) is 11.1 Å². The summed E-state index contributed by atoms with van der Waals surface area (Å²) in [6.45, 7) is 0. The van der Waals surface area contributed by atoms with E-state index in [1.165, 1.54) is 24.4 Å². The molecule has 0 aliphatic carbocycles. The van der Waals surface area contributed by atoms with E-state index in [4.69, 9.17) is 0 Å². The summed E-state index contributed by atoms with van der Waals surface area (Å²) >= 11 is 0. The van der Waals surface area contributed by atoms with Gasteiger partial charge >= 0.3 is 5.97 Å². The quantitative estimate of drug-likeness (QED) is 0.925. The van der Waals surface area contributed by atoms with Crippen molar-refractivity contribution in [3.63, 3.8) is 0 Å². The molecule has 0 radical (unpaired) electrons. The maximum Gasteiger partial charge on any atom is 0.336 e. The second-order valence-corrected chi connectivity index (χ2v) is 6.04. The summed E-state index contributed by atoms with van der Waals surface area (Å²) in [4.78, 5) is 15.2. The minimum atomic E-state index is -3.44. The average molecular weight is 277 g/mol. The third kappa shape index (κ3) is 2.79. The van der Waals surface area contributed by atoms with Crippen LogP contribution in [-0.2, 0) is 9.84 Å². The fourth-order valence-electron chi connectivity index (χ4n) is 1.70. The molecule has 2 aromatic rings. The Morgan fingerprint density at radius 2 is 2.00 bits per heavy atom. The number of carbonyl (C=O) groups is 1. The third-order valence-electron chi connectivity index (χ3n) is 2.62. The molecule has 6 heteroatoms. The summed E-state index contributed by atoms with van der Waals surface area (Å²) in [6.07, 6.45) is 4.15. The lowest BCUT2D eigenvalue weighted by molar-refractivity contribution is 0.0697. The van der Waals surface area contributed by atoms with Crippen LogP contribution < -0.4 is 0 Å². The van der Waals surface area contributed by atoms with Crippen molar-refractivity contribution in [2.75, 3.05) is 6.26 Å². The molecular weight excluding hydrogens is 266 g/mol. The SMILES string of the molecule is CS(=O)(=O)c1ccc(-c2cccnc2)c(C(=O)O)c1. The zero-order valence-electron chi connectivity index (χ0n) is 10.1. The van der Waals surface area contributed by atoms with Gasteiger partial charge in [-0.1, -0.05) is 12.1 Å². The summed E-state index contributed by atoms with van der Waals surface area (Å²) in [5.74, 6) is -1.18. The fraction of sp³-hybridized carbons (Fsp3) is 0.0769. The molecule has 0 unspecified atom stereocenters. The Morgan fingerprint density at radius 3 is 2.53 bits per heavy atom. The number of pyridine rings is 1. The molecule has 1 N–H and O–H groups in total. The van der Waals surface area contributed by atoms with Crippen LogP contribution in [0.3, 0.4) is 0 Å². The first-order chi connectivity index (χ1) is 8.89. The van der Waals surface area contributed by atoms with Crippen molar-refractivity contribution in [2.45, 2.75) is 4.90 Å². The highest BCUT2D eigenvalue weighted by atomic mass is 32.2. The Labute approximate surface area is 110 Å². The van der Waals surface area contributed by atoms with Gasteiger partial charge in [0.2, 0.25) is 0 Å². The molecule has 0 aliphatic heterocycles. The first kappa shape index (κ1) is 13.2. The van der Waals surface area contributed by atoms with Gasteiger partial charge in [0.25, 0.3) is 0 Å². The van der Waals surface area contributed by atoms with Crippen LogP contribution in [0.25, 0.3) is 11.1 Å². The van der Waals surface area contributed by atoms with Crippen LogP contribution in [0.4, 0.5) is 0 Å². The molecule has 0 atom stereocenters. The number of sulfone groups is 1. The van der Waals surface area contributed by atoms with Gasteiger partial charge in [-0.15, -0.1) is 0 Å². The number of aromatic carboxylic acids is 1. The van der Waals surface area contributed by atoms with Gasteiger partial charge in [0.1, 0.15) is 0 Å². The lowest BCUT2D eigenvalue weighted by atomic mass is 10.0. The summed E-state index contributed by atoms with van der Waals surface area (Å²) in [7, 11) is -3.44. The van der Waals surface area contributed by atoms with Crippen molar-refractivity contribution in [1.29, 1.82) is 0 Å². The molecule has 0 saturated heterocycles. The Kier molecular flexibility index (Phi) is 3.35. The molecule has 1 aromatic heterocycles. The highest BCUT2D eigenvalue weighted by Crippen LogP contribution is 2.25. The molecule has 0 bridgehead atoms. The number of hydrogen-bond donors (Lipinski definition) is 1. The van der Waals surface area contributed by atoms with Crippen molar-refractivity contribution >= 4 is 15.8 Å². The first-order valence-electron chi connectivity index (χ1n) is 5.37. The minimum Gasteiger partial charge on any atom is -0.478 e. The Balaban J connectivity index is 2.67. The predicted octanol–water partition coefficient (Wildman–Crippen LogP) is 1.85. The van der Waals surface area contributed by atoms with Crippen molar-refractivity contribution in [1.82, 2.24) is 4.98 Å². The van der Waals surface area contributed by atoms with E-state index in [1.807, 2.05) is 0 Å². The molecular formula is C13H11NO4S. The van der Waals surface area contributed by atoms with Gasteiger partial charge in [0, 0.05) is 24.2 Å². The summed E-state index contributed by atoms with van der Waals surface area (Å²) < 4.78 is 22.9. The van der Waals surface area contributed by atoms with Gasteiger partial charge in [0.15, 0.2) is 9.84 Å². The fourth-order valence-corrected chi connectivity index (χ4v) is 2.35. The van der Waals surface area contributed by atoms with Crippen LogP contribution in [0.5, 0.6) is 0 Å². The standard InChI is InChI=1S/C13H11NO4S/c1-19(17,18)10-4-5-11(12(7-10)13(15)16)9-3-2-6-14-8-9/h2-8H,1H3,(H,15,16). The van der Waals surface area contributed by atoms with Crippen LogP contribution in [0.2, 0.25) is 0 Å².